The Hall–Kier alpha value is -1.66. The molecule has 0 heterocycles. The minimum atomic E-state index is -0.844. The number of aliphatic hydroxyl groups is 2. The number of allylic oxidation sites excluding steroid dienone is 3. The van der Waals surface area contributed by atoms with Crippen LogP contribution in [0.5, 0.6) is 0 Å². The molecule has 6 heteroatoms. The third kappa shape index (κ3) is 69.4. The lowest BCUT2D eigenvalue weighted by Gasteiger charge is -2.20. The third-order valence-corrected chi connectivity index (χ3v) is 18.2. The molecule has 0 aromatic heterocycles. The average Bonchev–Trinajstić information content (AvgIpc) is 3.51. The number of hydrogen-bond donors (Lipinski definition) is 3. The van der Waals surface area contributed by atoms with Crippen molar-refractivity contribution in [3.8, 4) is 0 Å². The van der Waals surface area contributed by atoms with Crippen LogP contribution in [0.3, 0.4) is 0 Å². The number of ether oxygens (including phenoxy) is 1. The van der Waals surface area contributed by atoms with Crippen LogP contribution in [0.2, 0.25) is 0 Å². The topological polar surface area (TPSA) is 95.9 Å². The molecule has 498 valence electrons. The van der Waals surface area contributed by atoms with Gasteiger partial charge in [0.1, 0.15) is 0 Å². The van der Waals surface area contributed by atoms with Crippen LogP contribution in [0, 0.1) is 0 Å². The van der Waals surface area contributed by atoms with Crippen LogP contribution in [-0.2, 0) is 14.3 Å². The Bertz CT molecular complexity index is 1320. The number of nitrogens with one attached hydrogen (secondary N) is 1. The van der Waals surface area contributed by atoms with Crippen LogP contribution < -0.4 is 5.32 Å². The smallest absolute Gasteiger partial charge is 0.305 e. The van der Waals surface area contributed by atoms with Crippen LogP contribution in [-0.4, -0.2) is 47.4 Å². The van der Waals surface area contributed by atoms with Crippen molar-refractivity contribution < 1.29 is 24.5 Å². The van der Waals surface area contributed by atoms with E-state index in [1.165, 1.54) is 372 Å². The highest BCUT2D eigenvalue weighted by Gasteiger charge is 2.18. The lowest BCUT2D eigenvalue weighted by molar-refractivity contribution is -0.143. The molecule has 0 aromatic carbocycles. The predicted molar refractivity (Wildman–Crippen MR) is 370 cm³/mol. The van der Waals surface area contributed by atoms with Gasteiger partial charge in [0.25, 0.3) is 0 Å². The average molecular weight is 1180 g/mol. The van der Waals surface area contributed by atoms with Crippen molar-refractivity contribution in [2.45, 2.75) is 450 Å². The fourth-order valence-electron chi connectivity index (χ4n) is 12.3. The summed E-state index contributed by atoms with van der Waals surface area (Å²) in [5.74, 6) is -0.0404. The highest BCUT2D eigenvalue weighted by molar-refractivity contribution is 5.76. The van der Waals surface area contributed by atoms with E-state index in [1.807, 2.05) is 6.08 Å². The number of carbonyl (C=O) groups excluding carboxylic acids is 2. The van der Waals surface area contributed by atoms with Crippen LogP contribution in [0.15, 0.2) is 24.3 Å². The largest absolute Gasteiger partial charge is 0.466 e. The second kappa shape index (κ2) is 73.8. The van der Waals surface area contributed by atoms with E-state index in [2.05, 4.69) is 31.3 Å². The first kappa shape index (κ1) is 82.3. The molecule has 3 N–H and O–H groups in total. The summed E-state index contributed by atoms with van der Waals surface area (Å²) in [6.45, 7) is 4.96. The van der Waals surface area contributed by atoms with Crippen molar-refractivity contribution in [1.29, 1.82) is 0 Å². The number of hydrogen-bond acceptors (Lipinski definition) is 5. The molecule has 0 spiro atoms. The summed E-state index contributed by atoms with van der Waals surface area (Å²) in [5.41, 5.74) is 0. The zero-order valence-electron chi connectivity index (χ0n) is 57.2. The molecule has 0 aromatic rings. The van der Waals surface area contributed by atoms with E-state index in [0.717, 1.165) is 38.5 Å². The molecule has 0 aliphatic carbocycles. The predicted octanol–water partition coefficient (Wildman–Crippen LogP) is 25.3. The van der Waals surface area contributed by atoms with Gasteiger partial charge in [0, 0.05) is 12.8 Å². The minimum absolute atomic E-state index is 0.0206. The molecule has 0 radical (unpaired) electrons. The maximum absolute atomic E-state index is 12.5. The summed E-state index contributed by atoms with van der Waals surface area (Å²) in [6.07, 6.45) is 94.3. The standard InChI is InChI=1S/C78H151NO5/c1-3-5-7-9-11-13-15-17-19-20-21-22-34-37-40-43-46-50-54-58-62-66-70-76(81)75(74-80)79-77(82)71-67-63-59-55-51-47-44-41-38-35-32-30-28-26-24-23-25-27-29-31-33-36-39-42-45-49-53-57-61-65-69-73-84-78(83)72-68-64-60-56-52-48-18-16-14-12-10-8-6-4-2/h25,27,66,70,75-76,80-81H,3-24,26,28-65,67-69,71-74H2,1-2H3,(H,79,82)/b27-25-,70-66+. The van der Waals surface area contributed by atoms with Gasteiger partial charge in [0.15, 0.2) is 0 Å². The molecule has 2 atom stereocenters. The molecule has 0 saturated heterocycles. The molecule has 2 unspecified atom stereocenters. The summed E-state index contributed by atoms with van der Waals surface area (Å²) in [4.78, 5) is 24.6. The molecule has 0 saturated carbocycles. The Morgan fingerprint density at radius 2 is 0.560 bits per heavy atom. The molecule has 0 rings (SSSR count). The highest BCUT2D eigenvalue weighted by Crippen LogP contribution is 2.20. The number of unbranched alkanes of at least 4 members (excludes halogenated alkanes) is 60. The van der Waals surface area contributed by atoms with E-state index in [-0.39, 0.29) is 18.5 Å². The first-order valence-electron chi connectivity index (χ1n) is 38.6. The van der Waals surface area contributed by atoms with Gasteiger partial charge < -0.3 is 20.3 Å². The molecule has 0 aliphatic rings. The van der Waals surface area contributed by atoms with Gasteiger partial charge in [-0.1, -0.05) is 391 Å². The van der Waals surface area contributed by atoms with Crippen LogP contribution in [0.25, 0.3) is 0 Å². The van der Waals surface area contributed by atoms with Crippen molar-refractivity contribution in [3.05, 3.63) is 24.3 Å². The second-order valence-electron chi connectivity index (χ2n) is 26.7. The first-order valence-corrected chi connectivity index (χ1v) is 38.6. The van der Waals surface area contributed by atoms with Gasteiger partial charge in [-0.25, -0.2) is 0 Å². The molecule has 84 heavy (non-hydrogen) atoms. The number of aliphatic hydroxyl groups excluding tert-OH is 2. The second-order valence-corrected chi connectivity index (χ2v) is 26.7. The minimum Gasteiger partial charge on any atom is -0.466 e. The van der Waals surface area contributed by atoms with E-state index >= 15 is 0 Å². The number of carbonyl (C=O) groups is 2. The van der Waals surface area contributed by atoms with Gasteiger partial charge in [-0.15, -0.1) is 0 Å². The van der Waals surface area contributed by atoms with Gasteiger partial charge >= 0.3 is 5.97 Å². The van der Waals surface area contributed by atoms with Crippen LogP contribution >= 0.6 is 0 Å². The van der Waals surface area contributed by atoms with Crippen molar-refractivity contribution in [2.24, 2.45) is 0 Å². The maximum atomic E-state index is 12.5. The highest BCUT2D eigenvalue weighted by atomic mass is 16.5. The molecule has 6 nitrogen and oxygen atoms in total. The van der Waals surface area contributed by atoms with E-state index in [1.54, 1.807) is 6.08 Å². The lowest BCUT2D eigenvalue weighted by Crippen LogP contribution is -2.45. The number of rotatable bonds is 73. The van der Waals surface area contributed by atoms with Crippen molar-refractivity contribution in [1.82, 2.24) is 5.32 Å². The van der Waals surface area contributed by atoms with Gasteiger partial charge in [-0.3, -0.25) is 9.59 Å². The van der Waals surface area contributed by atoms with Gasteiger partial charge in [-0.05, 0) is 57.8 Å². The SMILES string of the molecule is CCCCCCCCCCCCCCCCCCCCCC/C=C/C(O)C(CO)NC(=O)CCCCCCCCCCCCCCCCC/C=C\CCCCCCCCCCCCCCOC(=O)CCCCCCCCCCCCCCCC. The van der Waals surface area contributed by atoms with E-state index in [9.17, 15) is 19.8 Å². The van der Waals surface area contributed by atoms with Gasteiger partial charge in [-0.2, -0.15) is 0 Å². The Morgan fingerprint density at radius 3 is 0.845 bits per heavy atom. The Balaban J connectivity index is 3.38. The van der Waals surface area contributed by atoms with Crippen molar-refractivity contribution >= 4 is 11.9 Å². The van der Waals surface area contributed by atoms with Gasteiger partial charge in [0.2, 0.25) is 5.91 Å². The monoisotopic (exact) mass is 1180 g/mol. The summed E-state index contributed by atoms with van der Waals surface area (Å²) in [6, 6.07) is -0.627. The number of amides is 1. The summed E-state index contributed by atoms with van der Waals surface area (Å²) in [5, 5.41) is 23.3. The normalized spacial score (nSPS) is 12.6. The molecule has 1 amide bonds. The molecule has 0 bridgehead atoms. The summed E-state index contributed by atoms with van der Waals surface area (Å²) < 4.78 is 5.50. The van der Waals surface area contributed by atoms with Crippen LogP contribution in [0.1, 0.15) is 438 Å². The Morgan fingerprint density at radius 1 is 0.321 bits per heavy atom. The Labute approximate surface area is 526 Å². The van der Waals surface area contributed by atoms with Gasteiger partial charge in [0.05, 0.1) is 25.4 Å². The Kier molecular flexibility index (Phi) is 72.3. The molecule has 0 aliphatic heterocycles. The summed E-state index contributed by atoms with van der Waals surface area (Å²) >= 11 is 0. The molecular weight excluding hydrogens is 1030 g/mol. The molecule has 0 fully saturated rings. The third-order valence-electron chi connectivity index (χ3n) is 18.2. The zero-order valence-corrected chi connectivity index (χ0v) is 57.2. The fraction of sp³-hybridized carbons (Fsp3) is 0.923. The van der Waals surface area contributed by atoms with Crippen molar-refractivity contribution in [2.75, 3.05) is 13.2 Å². The fourth-order valence-corrected chi connectivity index (χ4v) is 12.3. The maximum Gasteiger partial charge on any atom is 0.305 e. The summed E-state index contributed by atoms with van der Waals surface area (Å²) in [7, 11) is 0. The zero-order chi connectivity index (χ0) is 60.6. The van der Waals surface area contributed by atoms with Crippen LogP contribution in [0.4, 0.5) is 0 Å². The number of esters is 1. The quantitative estimate of drug-likeness (QED) is 0.0320. The van der Waals surface area contributed by atoms with E-state index < -0.39 is 12.1 Å². The van der Waals surface area contributed by atoms with Crippen molar-refractivity contribution in [3.63, 3.8) is 0 Å². The first-order chi connectivity index (χ1) is 41.5. The lowest BCUT2D eigenvalue weighted by atomic mass is 10.0. The van der Waals surface area contributed by atoms with E-state index in [0.29, 0.717) is 19.4 Å². The molecular formula is C78H151NO5. The van der Waals surface area contributed by atoms with E-state index in [4.69, 9.17) is 4.74 Å².